The summed E-state index contributed by atoms with van der Waals surface area (Å²) in [5.41, 5.74) is 0.451. The van der Waals surface area contributed by atoms with E-state index in [0.717, 1.165) is 32.2 Å². The van der Waals surface area contributed by atoms with Gasteiger partial charge in [0.15, 0.2) is 0 Å². The van der Waals surface area contributed by atoms with Crippen molar-refractivity contribution in [3.63, 3.8) is 0 Å². The van der Waals surface area contributed by atoms with Crippen LogP contribution in [-0.2, 0) is 4.79 Å². The van der Waals surface area contributed by atoms with Crippen LogP contribution in [0.5, 0.6) is 0 Å². The van der Waals surface area contributed by atoms with Crippen molar-refractivity contribution in [1.29, 1.82) is 0 Å². The number of piperidine rings is 1. The third-order valence-corrected chi connectivity index (χ3v) is 5.38. The third-order valence-electron chi connectivity index (χ3n) is 5.38. The Balaban J connectivity index is 1.92. The molecule has 3 rings (SSSR count). The first-order valence-electron chi connectivity index (χ1n) is 8.08. The second-order valence-corrected chi connectivity index (χ2v) is 6.32. The Kier molecular flexibility index (Phi) is 3.89. The van der Waals surface area contributed by atoms with Gasteiger partial charge < -0.3 is 9.80 Å². The summed E-state index contributed by atoms with van der Waals surface area (Å²) in [6, 6.07) is 3.69. The molecule has 3 heterocycles. The molecule has 5 nitrogen and oxygen atoms in total. The molecule has 2 saturated heterocycles. The predicted octanol–water partition coefficient (Wildman–Crippen LogP) is 2.09. The van der Waals surface area contributed by atoms with Crippen LogP contribution in [0.15, 0.2) is 24.5 Å². The number of carbonyl (C=O) groups excluding carboxylic acids is 2. The van der Waals surface area contributed by atoms with E-state index < -0.39 is 0 Å². The molecule has 5 heteroatoms. The normalized spacial score (nSPS) is 28.5. The number of aromatic nitrogens is 1. The van der Waals surface area contributed by atoms with Crippen molar-refractivity contribution in [3.8, 4) is 0 Å². The predicted molar refractivity (Wildman–Crippen MR) is 83.3 cm³/mol. The van der Waals surface area contributed by atoms with E-state index in [1.165, 1.54) is 0 Å². The van der Waals surface area contributed by atoms with E-state index in [4.69, 9.17) is 0 Å². The van der Waals surface area contributed by atoms with Crippen molar-refractivity contribution < 1.29 is 9.59 Å². The molecule has 0 aromatic carbocycles. The standard InChI is InChI=1S/C17H23N3O2/c1-3-14-17(9-7-15(21)19(17)2)8-5-11-20(14)16(22)13-6-4-10-18-12-13/h4,6,10,12,14H,3,5,7-9,11H2,1-2H3/t14-,17-/m0/s1. The largest absolute Gasteiger partial charge is 0.338 e. The molecular weight excluding hydrogens is 278 g/mol. The van der Waals surface area contributed by atoms with E-state index in [-0.39, 0.29) is 23.4 Å². The highest BCUT2D eigenvalue weighted by Gasteiger charge is 2.52. The van der Waals surface area contributed by atoms with Crippen molar-refractivity contribution >= 4 is 11.8 Å². The Hall–Kier alpha value is -1.91. The zero-order chi connectivity index (χ0) is 15.7. The Labute approximate surface area is 131 Å². The van der Waals surface area contributed by atoms with Gasteiger partial charge in [-0.25, -0.2) is 0 Å². The van der Waals surface area contributed by atoms with Crippen LogP contribution < -0.4 is 0 Å². The van der Waals surface area contributed by atoms with Crippen LogP contribution in [0.25, 0.3) is 0 Å². The third kappa shape index (κ3) is 2.19. The van der Waals surface area contributed by atoms with Crippen LogP contribution in [0.3, 0.4) is 0 Å². The van der Waals surface area contributed by atoms with Crippen molar-refractivity contribution in [2.45, 2.75) is 50.6 Å². The van der Waals surface area contributed by atoms with Gasteiger partial charge in [-0.3, -0.25) is 14.6 Å². The van der Waals surface area contributed by atoms with Crippen molar-refractivity contribution in [2.75, 3.05) is 13.6 Å². The van der Waals surface area contributed by atoms with Gasteiger partial charge in [0.1, 0.15) is 0 Å². The smallest absolute Gasteiger partial charge is 0.255 e. The lowest BCUT2D eigenvalue weighted by atomic mass is 9.77. The lowest BCUT2D eigenvalue weighted by molar-refractivity contribution is -0.132. The summed E-state index contributed by atoms with van der Waals surface area (Å²) < 4.78 is 0. The van der Waals surface area contributed by atoms with Crippen LogP contribution in [0.4, 0.5) is 0 Å². The number of rotatable bonds is 2. The van der Waals surface area contributed by atoms with Crippen LogP contribution in [0.2, 0.25) is 0 Å². The van der Waals surface area contributed by atoms with Crippen LogP contribution >= 0.6 is 0 Å². The SMILES string of the molecule is CC[C@@H]1N(C(=O)c2cccnc2)CCC[C@]12CCC(=O)N2C. The first-order valence-corrected chi connectivity index (χ1v) is 8.08. The van der Waals surface area contributed by atoms with E-state index in [0.29, 0.717) is 12.0 Å². The van der Waals surface area contributed by atoms with Gasteiger partial charge in [0.2, 0.25) is 5.91 Å². The summed E-state index contributed by atoms with van der Waals surface area (Å²) in [7, 11) is 1.90. The molecule has 2 atom stereocenters. The second kappa shape index (κ2) is 5.71. The summed E-state index contributed by atoms with van der Waals surface area (Å²) in [6.45, 7) is 2.87. The number of carbonyl (C=O) groups is 2. The molecule has 2 aliphatic rings. The Morgan fingerprint density at radius 3 is 2.86 bits per heavy atom. The highest BCUT2D eigenvalue weighted by Crippen LogP contribution is 2.42. The second-order valence-electron chi connectivity index (χ2n) is 6.32. The minimum absolute atomic E-state index is 0.0340. The minimum Gasteiger partial charge on any atom is -0.338 e. The van der Waals surface area contributed by atoms with Gasteiger partial charge >= 0.3 is 0 Å². The van der Waals surface area contributed by atoms with Crippen molar-refractivity contribution in [1.82, 2.24) is 14.8 Å². The fourth-order valence-corrected chi connectivity index (χ4v) is 4.26. The number of amides is 2. The molecule has 2 fully saturated rings. The zero-order valence-electron chi connectivity index (χ0n) is 13.3. The van der Waals surface area contributed by atoms with E-state index in [9.17, 15) is 9.59 Å². The monoisotopic (exact) mass is 301 g/mol. The molecule has 0 radical (unpaired) electrons. The molecule has 0 unspecified atom stereocenters. The maximum Gasteiger partial charge on any atom is 0.255 e. The van der Waals surface area contributed by atoms with Crippen LogP contribution in [0.1, 0.15) is 49.4 Å². The Bertz CT molecular complexity index is 575. The topological polar surface area (TPSA) is 53.5 Å². The lowest BCUT2D eigenvalue weighted by Crippen LogP contribution is -2.63. The molecule has 22 heavy (non-hydrogen) atoms. The fourth-order valence-electron chi connectivity index (χ4n) is 4.26. The van der Waals surface area contributed by atoms with E-state index in [1.807, 2.05) is 22.9 Å². The van der Waals surface area contributed by atoms with Crippen LogP contribution in [0, 0.1) is 0 Å². The quantitative estimate of drug-likeness (QED) is 0.840. The first kappa shape index (κ1) is 15.0. The van der Waals surface area contributed by atoms with E-state index >= 15 is 0 Å². The van der Waals surface area contributed by atoms with Gasteiger partial charge in [0.05, 0.1) is 17.1 Å². The molecule has 0 bridgehead atoms. The van der Waals surface area contributed by atoms with Gasteiger partial charge in [-0.2, -0.15) is 0 Å². The number of likely N-dealkylation sites (tertiary alicyclic amines) is 2. The summed E-state index contributed by atoms with van der Waals surface area (Å²) in [5.74, 6) is 0.237. The Morgan fingerprint density at radius 1 is 1.45 bits per heavy atom. The Morgan fingerprint density at radius 2 is 2.27 bits per heavy atom. The summed E-state index contributed by atoms with van der Waals surface area (Å²) in [5, 5.41) is 0. The molecule has 2 aliphatic heterocycles. The van der Waals surface area contributed by atoms with Gasteiger partial charge in [0, 0.05) is 32.4 Å². The van der Waals surface area contributed by atoms with E-state index in [2.05, 4.69) is 11.9 Å². The van der Waals surface area contributed by atoms with Gasteiger partial charge in [-0.15, -0.1) is 0 Å². The van der Waals surface area contributed by atoms with Crippen molar-refractivity contribution in [2.24, 2.45) is 0 Å². The number of nitrogens with zero attached hydrogens (tertiary/aromatic N) is 3. The number of hydrogen-bond acceptors (Lipinski definition) is 3. The number of pyridine rings is 1. The maximum absolute atomic E-state index is 12.9. The number of likely N-dealkylation sites (N-methyl/N-ethyl adjacent to an activating group) is 1. The molecule has 1 aromatic heterocycles. The highest BCUT2D eigenvalue weighted by molar-refractivity contribution is 5.94. The molecule has 1 aromatic rings. The van der Waals surface area contributed by atoms with Gasteiger partial charge in [-0.05, 0) is 37.8 Å². The molecular formula is C17H23N3O2. The average Bonchev–Trinajstić information content (AvgIpc) is 2.84. The molecule has 0 saturated carbocycles. The zero-order valence-corrected chi connectivity index (χ0v) is 13.3. The van der Waals surface area contributed by atoms with Crippen molar-refractivity contribution in [3.05, 3.63) is 30.1 Å². The van der Waals surface area contributed by atoms with Gasteiger partial charge in [-0.1, -0.05) is 6.92 Å². The van der Waals surface area contributed by atoms with Crippen LogP contribution in [-0.4, -0.2) is 51.8 Å². The van der Waals surface area contributed by atoms with E-state index in [1.54, 1.807) is 18.5 Å². The molecule has 118 valence electrons. The number of hydrogen-bond donors (Lipinski definition) is 0. The summed E-state index contributed by atoms with van der Waals surface area (Å²) in [4.78, 5) is 32.9. The maximum atomic E-state index is 12.9. The first-order chi connectivity index (χ1) is 10.6. The molecule has 2 amide bonds. The lowest BCUT2D eigenvalue weighted by Gasteiger charge is -2.51. The molecule has 0 aliphatic carbocycles. The van der Waals surface area contributed by atoms with Gasteiger partial charge in [0.25, 0.3) is 5.91 Å². The minimum atomic E-state index is -0.179. The fraction of sp³-hybridized carbons (Fsp3) is 0.588. The summed E-state index contributed by atoms with van der Waals surface area (Å²) >= 11 is 0. The average molecular weight is 301 g/mol. The molecule has 1 spiro atoms. The highest BCUT2D eigenvalue weighted by atomic mass is 16.2. The summed E-state index contributed by atoms with van der Waals surface area (Å²) in [6.07, 6.45) is 7.56. The molecule has 0 N–H and O–H groups in total.